The van der Waals surface area contributed by atoms with Crippen molar-refractivity contribution in [2.45, 2.75) is 50.8 Å². The predicted molar refractivity (Wildman–Crippen MR) is 115 cm³/mol. The predicted octanol–water partition coefficient (Wildman–Crippen LogP) is 5.31. The fraction of sp³-hybridized carbons (Fsp3) is 0.478. The van der Waals surface area contributed by atoms with Crippen molar-refractivity contribution >= 4 is 21.6 Å². The summed E-state index contributed by atoms with van der Waals surface area (Å²) in [4.78, 5) is 4.76. The van der Waals surface area contributed by atoms with Gasteiger partial charge in [-0.3, -0.25) is 4.90 Å². The van der Waals surface area contributed by atoms with Crippen molar-refractivity contribution in [3.63, 3.8) is 0 Å². The van der Waals surface area contributed by atoms with Crippen molar-refractivity contribution in [2.24, 2.45) is 0 Å². The summed E-state index contributed by atoms with van der Waals surface area (Å²) in [6.07, 6.45) is 4.40. The van der Waals surface area contributed by atoms with Crippen LogP contribution in [0.2, 0.25) is 0 Å². The Morgan fingerprint density at radius 2 is 1.59 bits per heavy atom. The molecule has 0 spiro atoms. The highest BCUT2D eigenvalue weighted by Gasteiger charge is 2.31. The first-order chi connectivity index (χ1) is 13.1. The Morgan fingerprint density at radius 3 is 2.26 bits per heavy atom. The number of rotatable bonds is 4. The number of anilines is 1. The van der Waals surface area contributed by atoms with E-state index in [9.17, 15) is 5.11 Å². The Balaban J connectivity index is 1.58. The zero-order valence-electron chi connectivity index (χ0n) is 16.0. The zero-order valence-corrected chi connectivity index (χ0v) is 17.6. The fourth-order valence-corrected chi connectivity index (χ4v) is 5.07. The van der Waals surface area contributed by atoms with E-state index in [2.05, 4.69) is 74.3 Å². The maximum Gasteiger partial charge on any atom is 0.104 e. The molecule has 0 amide bonds. The molecule has 144 valence electrons. The van der Waals surface area contributed by atoms with Crippen LogP contribution >= 0.6 is 15.9 Å². The van der Waals surface area contributed by atoms with Gasteiger partial charge in [-0.05, 0) is 73.9 Å². The molecule has 1 N–H and O–H groups in total. The van der Waals surface area contributed by atoms with Crippen molar-refractivity contribution in [3.05, 3.63) is 64.1 Å². The highest BCUT2D eigenvalue weighted by Crippen LogP contribution is 2.41. The van der Waals surface area contributed by atoms with Crippen molar-refractivity contribution in [3.8, 4) is 0 Å². The number of piperidine rings is 1. The van der Waals surface area contributed by atoms with Crippen LogP contribution in [0.4, 0.5) is 5.69 Å². The normalized spacial score (nSPS) is 22.9. The van der Waals surface area contributed by atoms with Crippen LogP contribution in [0.3, 0.4) is 0 Å². The van der Waals surface area contributed by atoms with Crippen LogP contribution in [-0.2, 0) is 0 Å². The Kier molecular flexibility index (Phi) is 5.86. The molecule has 27 heavy (non-hydrogen) atoms. The second-order valence-corrected chi connectivity index (χ2v) is 8.81. The van der Waals surface area contributed by atoms with Crippen LogP contribution in [0, 0.1) is 0 Å². The van der Waals surface area contributed by atoms with Crippen molar-refractivity contribution in [1.82, 2.24) is 4.90 Å². The standard InChI is InChI=1S/C23H29BrN2O/c1-17(27)25-15-12-18(13-16-25)21-5-2-3-6-22(21)23-7-4-14-26(23)20-10-8-19(24)9-11-20/h2-3,5-6,8-11,17-18,23,27H,4,7,12-16H2,1H3/t17-,23?/m1/s1. The van der Waals surface area contributed by atoms with Gasteiger partial charge in [0.1, 0.15) is 6.23 Å². The van der Waals surface area contributed by atoms with Gasteiger partial charge < -0.3 is 10.0 Å². The minimum absolute atomic E-state index is 0.330. The summed E-state index contributed by atoms with van der Waals surface area (Å²) < 4.78 is 1.13. The molecular formula is C23H29BrN2O. The van der Waals surface area contributed by atoms with Crippen LogP contribution in [0.15, 0.2) is 53.0 Å². The van der Waals surface area contributed by atoms with Gasteiger partial charge in [0.25, 0.3) is 0 Å². The van der Waals surface area contributed by atoms with E-state index < -0.39 is 0 Å². The molecule has 0 saturated carbocycles. The summed E-state index contributed by atoms with van der Waals surface area (Å²) >= 11 is 3.55. The lowest BCUT2D eigenvalue weighted by Crippen LogP contribution is -2.39. The highest BCUT2D eigenvalue weighted by molar-refractivity contribution is 9.10. The maximum absolute atomic E-state index is 9.86. The minimum Gasteiger partial charge on any atom is -0.379 e. The molecule has 4 rings (SSSR count). The second kappa shape index (κ2) is 8.34. The number of hydrogen-bond acceptors (Lipinski definition) is 3. The molecular weight excluding hydrogens is 400 g/mol. The Hall–Kier alpha value is -1.36. The van der Waals surface area contributed by atoms with Crippen molar-refractivity contribution in [1.29, 1.82) is 0 Å². The lowest BCUT2D eigenvalue weighted by molar-refractivity contribution is 0.00299. The number of aliphatic hydroxyl groups excluding tert-OH is 1. The zero-order chi connectivity index (χ0) is 18.8. The molecule has 2 heterocycles. The maximum atomic E-state index is 9.86. The van der Waals surface area contributed by atoms with Gasteiger partial charge in [-0.25, -0.2) is 0 Å². The van der Waals surface area contributed by atoms with E-state index in [1.54, 1.807) is 0 Å². The Morgan fingerprint density at radius 1 is 0.926 bits per heavy atom. The van der Waals surface area contributed by atoms with Gasteiger partial charge in [0, 0.05) is 29.8 Å². The molecule has 2 atom stereocenters. The van der Waals surface area contributed by atoms with Gasteiger partial charge in [0.15, 0.2) is 0 Å². The van der Waals surface area contributed by atoms with E-state index in [1.807, 2.05) is 6.92 Å². The average molecular weight is 429 g/mol. The fourth-order valence-electron chi connectivity index (χ4n) is 4.80. The van der Waals surface area contributed by atoms with Crippen molar-refractivity contribution < 1.29 is 5.11 Å². The summed E-state index contributed by atoms with van der Waals surface area (Å²) in [7, 11) is 0. The van der Waals surface area contributed by atoms with Gasteiger partial charge in [-0.1, -0.05) is 40.2 Å². The molecule has 4 heteroatoms. The summed E-state index contributed by atoms with van der Waals surface area (Å²) in [6, 6.07) is 18.3. The first kappa shape index (κ1) is 19.0. The van der Waals surface area contributed by atoms with E-state index in [4.69, 9.17) is 0 Å². The SMILES string of the molecule is C[C@@H](O)N1CCC(c2ccccc2C2CCCN2c2ccc(Br)cc2)CC1. The van der Waals surface area contributed by atoms with Crippen LogP contribution in [0.5, 0.6) is 0 Å². The van der Waals surface area contributed by atoms with E-state index in [0.717, 1.165) is 36.9 Å². The largest absolute Gasteiger partial charge is 0.379 e. The number of likely N-dealkylation sites (tertiary alicyclic amines) is 1. The first-order valence-electron chi connectivity index (χ1n) is 10.2. The molecule has 0 aliphatic carbocycles. The molecule has 2 aliphatic rings. The van der Waals surface area contributed by atoms with Gasteiger partial charge in [-0.2, -0.15) is 0 Å². The molecule has 2 saturated heterocycles. The number of hydrogen-bond donors (Lipinski definition) is 1. The van der Waals surface area contributed by atoms with E-state index in [-0.39, 0.29) is 6.23 Å². The van der Waals surface area contributed by atoms with Crippen molar-refractivity contribution in [2.75, 3.05) is 24.5 Å². The summed E-state index contributed by atoms with van der Waals surface area (Å²) in [6.45, 7) is 4.97. The molecule has 1 unspecified atom stereocenters. The third-order valence-electron chi connectivity index (χ3n) is 6.26. The Labute approximate surface area is 171 Å². The summed E-state index contributed by atoms with van der Waals surface area (Å²) in [5.74, 6) is 0.601. The molecule has 2 aromatic rings. The molecule has 2 aliphatic heterocycles. The lowest BCUT2D eigenvalue weighted by Gasteiger charge is -2.36. The highest BCUT2D eigenvalue weighted by atomic mass is 79.9. The Bertz CT molecular complexity index is 753. The number of halogens is 1. The molecule has 0 radical (unpaired) electrons. The van der Waals surface area contributed by atoms with Crippen LogP contribution in [0.25, 0.3) is 0 Å². The molecule has 2 fully saturated rings. The molecule has 2 aromatic carbocycles. The summed E-state index contributed by atoms with van der Waals surface area (Å²) in [5, 5.41) is 9.86. The van der Waals surface area contributed by atoms with Crippen LogP contribution < -0.4 is 4.90 Å². The van der Waals surface area contributed by atoms with Crippen LogP contribution in [0.1, 0.15) is 55.7 Å². The van der Waals surface area contributed by atoms with Gasteiger partial charge >= 0.3 is 0 Å². The molecule has 3 nitrogen and oxygen atoms in total. The third-order valence-corrected chi connectivity index (χ3v) is 6.79. The average Bonchev–Trinajstić information content (AvgIpc) is 3.18. The number of benzene rings is 2. The second-order valence-electron chi connectivity index (χ2n) is 7.90. The number of aliphatic hydroxyl groups is 1. The van der Waals surface area contributed by atoms with Gasteiger partial charge in [0.05, 0.1) is 6.04 Å². The van der Waals surface area contributed by atoms with Gasteiger partial charge in [-0.15, -0.1) is 0 Å². The monoisotopic (exact) mass is 428 g/mol. The van der Waals surface area contributed by atoms with E-state index >= 15 is 0 Å². The first-order valence-corrected chi connectivity index (χ1v) is 11.0. The van der Waals surface area contributed by atoms with Gasteiger partial charge in [0.2, 0.25) is 0 Å². The topological polar surface area (TPSA) is 26.7 Å². The smallest absolute Gasteiger partial charge is 0.104 e. The quantitative estimate of drug-likeness (QED) is 0.714. The minimum atomic E-state index is -0.330. The summed E-state index contributed by atoms with van der Waals surface area (Å²) in [5.41, 5.74) is 4.35. The van der Waals surface area contributed by atoms with Crippen LogP contribution in [-0.4, -0.2) is 35.9 Å². The van der Waals surface area contributed by atoms with E-state index in [0.29, 0.717) is 12.0 Å². The molecule has 0 bridgehead atoms. The molecule has 0 aromatic heterocycles. The van der Waals surface area contributed by atoms with E-state index in [1.165, 1.54) is 29.7 Å². The third kappa shape index (κ3) is 4.08. The lowest BCUT2D eigenvalue weighted by atomic mass is 9.84. The number of nitrogens with zero attached hydrogens (tertiary/aromatic N) is 2.